The van der Waals surface area contributed by atoms with Gasteiger partial charge in [-0.1, -0.05) is 12.1 Å². The molecule has 0 unspecified atom stereocenters. The Labute approximate surface area is 278 Å². The summed E-state index contributed by atoms with van der Waals surface area (Å²) in [5.74, 6) is 0.961. The van der Waals surface area contributed by atoms with E-state index in [1.165, 1.54) is 3.57 Å². The van der Waals surface area contributed by atoms with Crippen molar-refractivity contribution in [3.8, 4) is 22.5 Å². The fourth-order valence-electron chi connectivity index (χ4n) is 5.94. The van der Waals surface area contributed by atoms with Crippen LogP contribution in [0.15, 0.2) is 65.1 Å². The van der Waals surface area contributed by atoms with Crippen LogP contribution in [0.5, 0.6) is 0 Å². The van der Waals surface area contributed by atoms with Crippen molar-refractivity contribution in [2.75, 3.05) is 57.3 Å². The Hall–Kier alpha value is -3.31. The second-order valence-electron chi connectivity index (χ2n) is 12.3. The summed E-state index contributed by atoms with van der Waals surface area (Å²) < 4.78 is 15.8. The predicted octanol–water partition coefficient (Wildman–Crippen LogP) is 2.50. The molecule has 0 spiro atoms. The fraction of sp³-hybridized carbons (Fsp3) is 0.382. The van der Waals surface area contributed by atoms with Crippen molar-refractivity contribution < 1.29 is 31.2 Å². The highest BCUT2D eigenvalue weighted by molar-refractivity contribution is 14.1. The minimum atomic E-state index is -0.506. The third-order valence-electron chi connectivity index (χ3n) is 8.21. The Bertz CT molecular complexity index is 1710. The van der Waals surface area contributed by atoms with E-state index in [9.17, 15) is 9.59 Å². The fourth-order valence-corrected chi connectivity index (χ4v) is 6.30. The van der Waals surface area contributed by atoms with Gasteiger partial charge in [-0.2, -0.15) is 0 Å². The van der Waals surface area contributed by atoms with Gasteiger partial charge in [0, 0.05) is 71.0 Å². The molecule has 2 aromatic carbocycles. The van der Waals surface area contributed by atoms with Gasteiger partial charge in [-0.05, 0) is 79.3 Å². The van der Waals surface area contributed by atoms with Crippen molar-refractivity contribution in [3.63, 3.8) is 0 Å². The van der Waals surface area contributed by atoms with E-state index in [-0.39, 0.29) is 24.4 Å². The van der Waals surface area contributed by atoms with Gasteiger partial charge >= 0.3 is 6.09 Å². The number of hydrogen-bond acceptors (Lipinski definition) is 5. The summed E-state index contributed by atoms with van der Waals surface area (Å²) in [7, 11) is 0. The maximum atomic E-state index is 12.6. The van der Waals surface area contributed by atoms with Crippen molar-refractivity contribution in [1.82, 2.24) is 14.4 Å². The number of ether oxygens (including phenoxy) is 1. The van der Waals surface area contributed by atoms with Gasteiger partial charge in [-0.25, -0.2) is 9.37 Å². The summed E-state index contributed by atoms with van der Waals surface area (Å²) >= 11 is 2.34. The number of nitrogens with zero attached hydrogens (tertiary/aromatic N) is 4. The van der Waals surface area contributed by atoms with E-state index in [4.69, 9.17) is 9.15 Å². The summed E-state index contributed by atoms with van der Waals surface area (Å²) in [5.41, 5.74) is 4.76. The first-order valence-corrected chi connectivity index (χ1v) is 16.0. The Morgan fingerprint density at radius 2 is 1.55 bits per heavy atom. The van der Waals surface area contributed by atoms with Gasteiger partial charge in [0.1, 0.15) is 16.9 Å². The first-order valence-electron chi connectivity index (χ1n) is 14.9. The molecule has 8 nitrogen and oxygen atoms in total. The van der Waals surface area contributed by atoms with E-state index in [0.717, 1.165) is 83.7 Å². The second kappa shape index (κ2) is 13.0. The van der Waals surface area contributed by atoms with Gasteiger partial charge in [0.25, 0.3) is 0 Å². The number of hydrogen-bond donors (Lipinski definition) is 0. The number of carbonyl (C=O) groups excluding carboxylic acids is 2. The largest absolute Gasteiger partial charge is 1.00 e. The Morgan fingerprint density at radius 3 is 2.18 bits per heavy atom. The van der Waals surface area contributed by atoms with Crippen LogP contribution in [-0.2, 0) is 9.53 Å². The monoisotopic (exact) mass is 728 g/mol. The number of fused-ring (bicyclic) bond motifs is 2. The van der Waals surface area contributed by atoms with E-state index in [0.29, 0.717) is 13.1 Å². The Kier molecular flexibility index (Phi) is 9.46. The highest BCUT2D eigenvalue weighted by Gasteiger charge is 2.27. The molecule has 3 aliphatic heterocycles. The zero-order chi connectivity index (χ0) is 30.3. The van der Waals surface area contributed by atoms with Crippen molar-refractivity contribution in [2.45, 2.75) is 33.3 Å². The second-order valence-corrected chi connectivity index (χ2v) is 13.5. The average molecular weight is 729 g/mol. The molecule has 0 radical (unpaired) electrons. The molecule has 0 aromatic heterocycles. The van der Waals surface area contributed by atoms with E-state index in [1.54, 1.807) is 11.8 Å². The zero-order valence-corrected chi connectivity index (χ0v) is 28.5. The molecule has 2 fully saturated rings. The third-order valence-corrected chi connectivity index (χ3v) is 8.93. The molecule has 3 heterocycles. The van der Waals surface area contributed by atoms with Crippen LogP contribution < -0.4 is 27.2 Å². The molecule has 1 aliphatic carbocycles. The molecule has 2 amide bonds. The summed E-state index contributed by atoms with van der Waals surface area (Å²) in [6.45, 7) is 13.0. The molecule has 0 N–H and O–H groups in total. The number of piperazine rings is 2. The van der Waals surface area contributed by atoms with Crippen LogP contribution in [0.1, 0.15) is 27.7 Å². The van der Waals surface area contributed by atoms with Crippen molar-refractivity contribution in [3.05, 3.63) is 69.6 Å². The van der Waals surface area contributed by atoms with Gasteiger partial charge in [0.05, 0.1) is 19.2 Å². The van der Waals surface area contributed by atoms with Crippen molar-refractivity contribution in [1.29, 1.82) is 0 Å². The summed E-state index contributed by atoms with van der Waals surface area (Å²) in [6, 6.07) is 21.6. The number of amides is 2. The van der Waals surface area contributed by atoms with Crippen LogP contribution in [0.2, 0.25) is 0 Å². The lowest BCUT2D eigenvalue weighted by Crippen LogP contribution is -3.00. The summed E-state index contributed by atoms with van der Waals surface area (Å²) in [5, 5.41) is 2.16. The highest BCUT2D eigenvalue weighted by Crippen LogP contribution is 2.41. The smallest absolute Gasteiger partial charge is 0.410 e. The van der Waals surface area contributed by atoms with Crippen LogP contribution in [-0.4, -0.2) is 79.8 Å². The average Bonchev–Trinajstić information content (AvgIpc) is 2.99. The molecule has 2 aromatic rings. The topological polar surface area (TPSA) is 69.2 Å². The maximum Gasteiger partial charge on any atom is 0.410 e. The number of carbonyl (C=O) groups is 2. The molecule has 2 saturated heterocycles. The molecule has 0 bridgehead atoms. The lowest BCUT2D eigenvalue weighted by atomic mass is 9.93. The molecule has 0 atom stereocenters. The third kappa shape index (κ3) is 6.83. The molecule has 6 rings (SSSR count). The molecule has 10 heteroatoms. The lowest BCUT2D eigenvalue weighted by Gasteiger charge is -2.36. The Balaban J connectivity index is 0.00000384. The number of benzene rings is 3. The number of anilines is 1. The normalized spacial score (nSPS) is 15.8. The minimum Gasteiger partial charge on any atom is -1.00 e. The van der Waals surface area contributed by atoms with Crippen LogP contribution >= 0.6 is 22.6 Å². The number of rotatable bonds is 2. The van der Waals surface area contributed by atoms with E-state index >= 15 is 0 Å². The Morgan fingerprint density at radius 1 is 0.864 bits per heavy atom. The van der Waals surface area contributed by atoms with Crippen LogP contribution in [0, 0.1) is 3.57 Å². The first-order chi connectivity index (χ1) is 20.6. The lowest BCUT2D eigenvalue weighted by molar-refractivity contribution is -0.129. The summed E-state index contributed by atoms with van der Waals surface area (Å²) in [4.78, 5) is 30.4. The van der Waals surface area contributed by atoms with Gasteiger partial charge in [0.15, 0.2) is 13.1 Å². The van der Waals surface area contributed by atoms with Crippen molar-refractivity contribution in [2.24, 2.45) is 0 Å². The molecule has 4 aliphatic rings. The molecule has 232 valence electrons. The number of halogens is 2. The van der Waals surface area contributed by atoms with E-state index < -0.39 is 5.60 Å². The highest BCUT2D eigenvalue weighted by atomic mass is 127. The van der Waals surface area contributed by atoms with Gasteiger partial charge in [-0.15, -0.1) is 0 Å². The zero-order valence-electron chi connectivity index (χ0n) is 25.6. The van der Waals surface area contributed by atoms with E-state index in [1.807, 2.05) is 25.7 Å². The molecule has 44 heavy (non-hydrogen) atoms. The van der Waals surface area contributed by atoms with Crippen molar-refractivity contribution >= 4 is 51.2 Å². The van der Waals surface area contributed by atoms with Gasteiger partial charge < -0.3 is 36.3 Å². The minimum absolute atomic E-state index is 0. The van der Waals surface area contributed by atoms with Crippen LogP contribution in [0.4, 0.5) is 10.5 Å². The SMILES string of the molecule is CC(=O)N1CC[N+](=c2ccc3c(-c4ccc(I)cc4)c4ccc(N5CCN(C(=O)OC(C)(C)C)CC5)cc4oc-3c2)CC1.[Cl-]. The van der Waals surface area contributed by atoms with Crippen LogP contribution in [0.3, 0.4) is 0 Å². The summed E-state index contributed by atoms with van der Waals surface area (Å²) in [6.07, 6.45) is -0.257. The molecule has 0 saturated carbocycles. The van der Waals surface area contributed by atoms with E-state index in [2.05, 4.69) is 92.7 Å². The first kappa shape index (κ1) is 32.1. The van der Waals surface area contributed by atoms with Gasteiger partial charge in [-0.3, -0.25) is 4.79 Å². The molecular formula is C34H38ClIN4O4. The van der Waals surface area contributed by atoms with Gasteiger partial charge in [0.2, 0.25) is 11.3 Å². The predicted molar refractivity (Wildman–Crippen MR) is 178 cm³/mol. The standard InChI is InChI=1S/C34H38IN4O4.ClH/c1-23(40)36-13-15-37(16-14-36)26-9-11-28-30(21-26)42-31-22-27(10-12-29(31)32(28)24-5-7-25(35)8-6-24)38-17-19-39(20-18-38)33(41)43-34(2,3)4;/h5-12,21-22H,13-20H2,1-4H3;1H/q+1;/p-1. The van der Waals surface area contributed by atoms with Crippen LogP contribution in [0.25, 0.3) is 33.4 Å². The quantitative estimate of drug-likeness (QED) is 0.181. The maximum absolute atomic E-state index is 12.6. The molecular weight excluding hydrogens is 691 g/mol.